The number of nitrogen functional groups attached to an aromatic ring is 1. The molecule has 0 saturated carbocycles. The Kier molecular flexibility index (Phi) is 2.80. The summed E-state index contributed by atoms with van der Waals surface area (Å²) in [7, 11) is 0. The Morgan fingerprint density at radius 3 is 2.42 bits per heavy atom. The van der Waals surface area contributed by atoms with E-state index in [-0.39, 0.29) is 0 Å². The Morgan fingerprint density at radius 1 is 0.947 bits per heavy atom. The molecule has 1 aromatic heterocycles. The molecule has 3 rings (SSSR count). The lowest BCUT2D eigenvalue weighted by molar-refractivity contribution is 1.10. The Bertz CT molecular complexity index is 699. The van der Waals surface area contributed by atoms with Gasteiger partial charge in [-0.3, -0.25) is 5.10 Å². The Hall–Kier alpha value is -2.55. The molecule has 3 nitrogen and oxygen atoms in total. The lowest BCUT2D eigenvalue weighted by Crippen LogP contribution is -1.88. The first-order chi connectivity index (χ1) is 9.25. The first kappa shape index (κ1) is 11.5. The van der Waals surface area contributed by atoms with Crippen LogP contribution in [-0.2, 0) is 0 Å². The zero-order valence-electron chi connectivity index (χ0n) is 10.7. The summed E-state index contributed by atoms with van der Waals surface area (Å²) in [5.74, 6) is 0.530. The van der Waals surface area contributed by atoms with E-state index in [9.17, 15) is 0 Å². The van der Waals surface area contributed by atoms with E-state index < -0.39 is 0 Å². The van der Waals surface area contributed by atoms with Crippen LogP contribution in [0.4, 0.5) is 5.82 Å². The summed E-state index contributed by atoms with van der Waals surface area (Å²) in [5, 5.41) is 7.19. The average molecular weight is 249 g/mol. The minimum absolute atomic E-state index is 0.530. The van der Waals surface area contributed by atoms with Gasteiger partial charge in [-0.2, -0.15) is 5.10 Å². The van der Waals surface area contributed by atoms with Crippen LogP contribution in [0.2, 0.25) is 0 Å². The van der Waals surface area contributed by atoms with Crippen LogP contribution < -0.4 is 5.73 Å². The van der Waals surface area contributed by atoms with E-state index in [1.807, 2.05) is 36.4 Å². The van der Waals surface area contributed by atoms with Crippen molar-refractivity contribution < 1.29 is 0 Å². The van der Waals surface area contributed by atoms with Crippen LogP contribution in [-0.4, -0.2) is 10.2 Å². The molecule has 3 N–H and O–H groups in total. The number of anilines is 1. The number of H-pyrrole nitrogens is 1. The normalized spacial score (nSPS) is 10.6. The molecule has 1 heterocycles. The number of benzene rings is 2. The number of hydrogen-bond acceptors (Lipinski definition) is 2. The van der Waals surface area contributed by atoms with Crippen molar-refractivity contribution in [1.29, 1.82) is 0 Å². The fraction of sp³-hybridized carbons (Fsp3) is 0.0625. The van der Waals surface area contributed by atoms with Crippen LogP contribution in [0.1, 0.15) is 5.56 Å². The number of hydrogen-bond donors (Lipinski definition) is 2. The van der Waals surface area contributed by atoms with Gasteiger partial charge in [0.15, 0.2) is 5.82 Å². The quantitative estimate of drug-likeness (QED) is 0.728. The summed E-state index contributed by atoms with van der Waals surface area (Å²) in [6.45, 7) is 2.07. The van der Waals surface area contributed by atoms with Gasteiger partial charge in [0.05, 0.1) is 11.3 Å². The van der Waals surface area contributed by atoms with E-state index >= 15 is 0 Å². The summed E-state index contributed by atoms with van der Waals surface area (Å²) in [5.41, 5.74) is 11.3. The highest BCUT2D eigenvalue weighted by Crippen LogP contribution is 2.34. The van der Waals surface area contributed by atoms with Crippen LogP contribution >= 0.6 is 0 Å². The standard InChI is InChI=1S/C16H15N3/c1-11-6-5-9-13(10-11)15-14(16(17)19-18-15)12-7-3-2-4-8-12/h2-10H,1H3,(H3,17,18,19). The molecule has 0 aliphatic carbocycles. The Labute approximate surface area is 112 Å². The third-order valence-electron chi connectivity index (χ3n) is 3.16. The second-order valence-corrected chi connectivity index (χ2v) is 4.59. The monoisotopic (exact) mass is 249 g/mol. The molecule has 2 aromatic carbocycles. The summed E-state index contributed by atoms with van der Waals surface area (Å²) >= 11 is 0. The van der Waals surface area contributed by atoms with Gasteiger partial charge in [-0.25, -0.2) is 0 Å². The van der Waals surface area contributed by atoms with E-state index in [1.165, 1.54) is 5.56 Å². The molecule has 0 aliphatic rings. The maximum Gasteiger partial charge on any atom is 0.153 e. The fourth-order valence-electron chi connectivity index (χ4n) is 2.26. The van der Waals surface area contributed by atoms with Gasteiger partial charge < -0.3 is 5.73 Å². The maximum atomic E-state index is 6.01. The highest BCUT2D eigenvalue weighted by Gasteiger charge is 2.14. The van der Waals surface area contributed by atoms with Crippen LogP contribution in [0.3, 0.4) is 0 Å². The van der Waals surface area contributed by atoms with Crippen molar-refractivity contribution in [3.8, 4) is 22.4 Å². The van der Waals surface area contributed by atoms with Gasteiger partial charge in [0.1, 0.15) is 0 Å². The number of aryl methyl sites for hydroxylation is 1. The summed E-state index contributed by atoms with van der Waals surface area (Å²) in [6.07, 6.45) is 0. The topological polar surface area (TPSA) is 54.7 Å². The van der Waals surface area contributed by atoms with Crippen molar-refractivity contribution in [1.82, 2.24) is 10.2 Å². The molecule has 0 bridgehead atoms. The lowest BCUT2D eigenvalue weighted by Gasteiger charge is -2.05. The average Bonchev–Trinajstić information content (AvgIpc) is 2.82. The molecule has 0 aliphatic heterocycles. The van der Waals surface area contributed by atoms with Crippen LogP contribution in [0, 0.1) is 6.92 Å². The van der Waals surface area contributed by atoms with Crippen LogP contribution in [0.25, 0.3) is 22.4 Å². The Balaban J connectivity index is 2.19. The predicted octanol–water partition coefficient (Wildman–Crippen LogP) is 3.63. The van der Waals surface area contributed by atoms with Gasteiger partial charge in [0.25, 0.3) is 0 Å². The van der Waals surface area contributed by atoms with Gasteiger partial charge in [-0.1, -0.05) is 54.1 Å². The molecule has 0 amide bonds. The lowest BCUT2D eigenvalue weighted by atomic mass is 10.00. The number of nitrogens with one attached hydrogen (secondary N) is 1. The second kappa shape index (κ2) is 4.61. The minimum Gasteiger partial charge on any atom is -0.382 e. The number of nitrogens with zero attached hydrogens (tertiary/aromatic N) is 1. The summed E-state index contributed by atoms with van der Waals surface area (Å²) in [4.78, 5) is 0. The zero-order chi connectivity index (χ0) is 13.2. The largest absolute Gasteiger partial charge is 0.382 e. The van der Waals surface area contributed by atoms with E-state index in [2.05, 4.69) is 35.3 Å². The molecule has 0 saturated heterocycles. The number of aromatic amines is 1. The third kappa shape index (κ3) is 2.10. The summed E-state index contributed by atoms with van der Waals surface area (Å²) < 4.78 is 0. The van der Waals surface area contributed by atoms with Crippen LogP contribution in [0.5, 0.6) is 0 Å². The van der Waals surface area contributed by atoms with E-state index in [0.29, 0.717) is 5.82 Å². The van der Waals surface area contributed by atoms with Gasteiger partial charge in [-0.15, -0.1) is 0 Å². The van der Waals surface area contributed by atoms with Gasteiger partial charge in [0.2, 0.25) is 0 Å². The predicted molar refractivity (Wildman–Crippen MR) is 78.6 cm³/mol. The van der Waals surface area contributed by atoms with Gasteiger partial charge in [0, 0.05) is 5.56 Å². The molecular weight excluding hydrogens is 234 g/mol. The van der Waals surface area contributed by atoms with E-state index in [1.54, 1.807) is 0 Å². The van der Waals surface area contributed by atoms with E-state index in [4.69, 9.17) is 5.73 Å². The molecule has 3 heteroatoms. The fourth-order valence-corrected chi connectivity index (χ4v) is 2.26. The molecule has 94 valence electrons. The maximum absolute atomic E-state index is 6.01. The second-order valence-electron chi connectivity index (χ2n) is 4.59. The highest BCUT2D eigenvalue weighted by molar-refractivity contribution is 5.87. The minimum atomic E-state index is 0.530. The molecule has 3 aromatic rings. The molecule has 0 spiro atoms. The zero-order valence-corrected chi connectivity index (χ0v) is 10.7. The van der Waals surface area contributed by atoms with Crippen molar-refractivity contribution >= 4 is 5.82 Å². The summed E-state index contributed by atoms with van der Waals surface area (Å²) in [6, 6.07) is 18.4. The van der Waals surface area contributed by atoms with Gasteiger partial charge in [-0.05, 0) is 18.6 Å². The smallest absolute Gasteiger partial charge is 0.153 e. The van der Waals surface area contributed by atoms with E-state index in [0.717, 1.165) is 22.4 Å². The highest BCUT2D eigenvalue weighted by atomic mass is 15.2. The first-order valence-electron chi connectivity index (χ1n) is 6.22. The van der Waals surface area contributed by atoms with Crippen molar-refractivity contribution in [2.45, 2.75) is 6.92 Å². The number of aromatic nitrogens is 2. The van der Waals surface area contributed by atoms with Crippen molar-refractivity contribution in [3.05, 3.63) is 60.2 Å². The van der Waals surface area contributed by atoms with Crippen LogP contribution in [0.15, 0.2) is 54.6 Å². The Morgan fingerprint density at radius 2 is 1.68 bits per heavy atom. The van der Waals surface area contributed by atoms with Gasteiger partial charge >= 0.3 is 0 Å². The molecule has 0 atom stereocenters. The van der Waals surface area contributed by atoms with Crippen molar-refractivity contribution in [3.63, 3.8) is 0 Å². The van der Waals surface area contributed by atoms with Crippen molar-refractivity contribution in [2.75, 3.05) is 5.73 Å². The molecule has 19 heavy (non-hydrogen) atoms. The third-order valence-corrected chi connectivity index (χ3v) is 3.16. The van der Waals surface area contributed by atoms with Crippen molar-refractivity contribution in [2.24, 2.45) is 0 Å². The molecule has 0 radical (unpaired) electrons. The number of nitrogens with two attached hydrogens (primary N) is 1. The molecular formula is C16H15N3. The number of rotatable bonds is 2. The SMILES string of the molecule is Cc1cccc(-c2[nH]nc(N)c2-c2ccccc2)c1. The molecule has 0 fully saturated rings. The molecule has 0 unspecified atom stereocenters. The first-order valence-corrected chi connectivity index (χ1v) is 6.22.